The second kappa shape index (κ2) is 9.61. The van der Waals surface area contributed by atoms with Crippen LogP contribution in [0.3, 0.4) is 0 Å². The van der Waals surface area contributed by atoms with Crippen molar-refractivity contribution in [1.82, 2.24) is 0 Å². The number of sulfonamides is 1. The fraction of sp³-hybridized carbons (Fsp3) is 0.208. The molecule has 0 bridgehead atoms. The third kappa shape index (κ3) is 5.50. The van der Waals surface area contributed by atoms with Crippen LogP contribution in [0.5, 0.6) is 5.75 Å². The first kappa shape index (κ1) is 26.3. The molecule has 1 unspecified atom stereocenters. The van der Waals surface area contributed by atoms with E-state index in [4.69, 9.17) is 9.84 Å². The van der Waals surface area contributed by atoms with Crippen LogP contribution in [-0.4, -0.2) is 32.1 Å². The fourth-order valence-electron chi connectivity index (χ4n) is 3.88. The maximum atomic E-state index is 15.2. The summed E-state index contributed by atoms with van der Waals surface area (Å²) in [5.74, 6) is -4.91. The van der Waals surface area contributed by atoms with Gasteiger partial charge in [0.25, 0.3) is 10.0 Å². The summed E-state index contributed by atoms with van der Waals surface area (Å²) in [6.45, 7) is -0.556. The molecular weight excluding hydrogens is 528 g/mol. The summed E-state index contributed by atoms with van der Waals surface area (Å²) in [6, 6.07) is 7.19. The van der Waals surface area contributed by atoms with Crippen molar-refractivity contribution in [2.24, 2.45) is 0 Å². The molecule has 0 aromatic heterocycles. The summed E-state index contributed by atoms with van der Waals surface area (Å²) >= 11 is 0. The number of fused-ring (bicyclic) bond motifs is 1. The zero-order valence-electron chi connectivity index (χ0n) is 18.6. The maximum absolute atomic E-state index is 15.2. The molecule has 6 nitrogen and oxygen atoms in total. The van der Waals surface area contributed by atoms with Gasteiger partial charge in [0.05, 0.1) is 22.7 Å². The van der Waals surface area contributed by atoms with E-state index < -0.39 is 80.6 Å². The number of carboxylic acids is 1. The van der Waals surface area contributed by atoms with Crippen molar-refractivity contribution in [2.75, 3.05) is 10.8 Å². The lowest BCUT2D eigenvalue weighted by Crippen LogP contribution is -2.44. The minimum atomic E-state index is -4.85. The van der Waals surface area contributed by atoms with Crippen LogP contribution in [0.25, 0.3) is 11.1 Å². The number of benzene rings is 3. The highest BCUT2D eigenvalue weighted by molar-refractivity contribution is 7.92. The van der Waals surface area contributed by atoms with Crippen LogP contribution >= 0.6 is 0 Å². The maximum Gasteiger partial charge on any atom is 0.416 e. The monoisotopic (exact) mass is 545 g/mol. The van der Waals surface area contributed by atoms with Crippen LogP contribution in [0, 0.1) is 17.5 Å². The molecule has 0 saturated heterocycles. The third-order valence-electron chi connectivity index (χ3n) is 5.57. The lowest BCUT2D eigenvalue weighted by Gasteiger charge is -2.36. The molecule has 0 saturated carbocycles. The number of nitrogens with zero attached hydrogens (tertiary/aromatic N) is 1. The highest BCUT2D eigenvalue weighted by Gasteiger charge is 2.38. The Balaban J connectivity index is 1.87. The number of hydrogen-bond acceptors (Lipinski definition) is 4. The summed E-state index contributed by atoms with van der Waals surface area (Å²) in [4.78, 5) is 10.3. The molecular formula is C24H17F6NO5S. The quantitative estimate of drug-likeness (QED) is 0.407. The average Bonchev–Trinajstić information content (AvgIpc) is 2.81. The molecule has 1 N–H and O–H groups in total. The van der Waals surface area contributed by atoms with Gasteiger partial charge in [0, 0.05) is 12.5 Å². The number of rotatable bonds is 6. The van der Waals surface area contributed by atoms with E-state index in [1.54, 1.807) is 0 Å². The van der Waals surface area contributed by atoms with Crippen LogP contribution in [0.2, 0.25) is 0 Å². The molecule has 1 atom stereocenters. The van der Waals surface area contributed by atoms with Gasteiger partial charge in [-0.05, 0) is 60.0 Å². The Hall–Kier alpha value is -3.74. The molecule has 0 amide bonds. The van der Waals surface area contributed by atoms with E-state index in [-0.39, 0.29) is 17.5 Å². The highest BCUT2D eigenvalue weighted by Crippen LogP contribution is 2.43. The van der Waals surface area contributed by atoms with Gasteiger partial charge in [0.15, 0.2) is 11.6 Å². The highest BCUT2D eigenvalue weighted by atomic mass is 32.2. The first-order chi connectivity index (χ1) is 17.3. The van der Waals surface area contributed by atoms with Gasteiger partial charge in [0.2, 0.25) is 0 Å². The summed E-state index contributed by atoms with van der Waals surface area (Å²) in [6.07, 6.45) is -6.70. The predicted octanol–water partition coefficient (Wildman–Crippen LogP) is 5.61. The van der Waals surface area contributed by atoms with Crippen LogP contribution in [0.4, 0.5) is 32.0 Å². The third-order valence-corrected chi connectivity index (χ3v) is 7.35. The SMILES string of the molecule is O=C(O)CCC1CN(S(=O)(=O)c2cccc(C(F)(F)F)c2)c2cc(-c3cc(F)cc(F)c3)cc(F)c2O1. The largest absolute Gasteiger partial charge is 0.483 e. The van der Waals surface area contributed by atoms with E-state index in [0.29, 0.717) is 22.5 Å². The summed E-state index contributed by atoms with van der Waals surface area (Å²) in [7, 11) is -4.77. The Morgan fingerprint density at radius 3 is 2.27 bits per heavy atom. The van der Waals surface area contributed by atoms with Crippen molar-refractivity contribution in [3.8, 4) is 16.9 Å². The second-order valence-electron chi connectivity index (χ2n) is 8.20. The van der Waals surface area contributed by atoms with Gasteiger partial charge in [0.1, 0.15) is 17.7 Å². The van der Waals surface area contributed by atoms with Crippen molar-refractivity contribution in [1.29, 1.82) is 0 Å². The zero-order chi connectivity index (χ0) is 27.1. The number of anilines is 1. The summed E-state index contributed by atoms with van der Waals surface area (Å²) in [5, 5.41) is 8.98. The van der Waals surface area contributed by atoms with E-state index in [1.165, 1.54) is 0 Å². The molecule has 4 rings (SSSR count). The molecule has 3 aromatic rings. The molecule has 1 heterocycles. The van der Waals surface area contributed by atoms with Crippen LogP contribution in [0.15, 0.2) is 59.5 Å². The number of ether oxygens (including phenoxy) is 1. The van der Waals surface area contributed by atoms with Crippen molar-refractivity contribution < 1.29 is 49.4 Å². The Bertz CT molecular complexity index is 1450. The van der Waals surface area contributed by atoms with Gasteiger partial charge in [-0.3, -0.25) is 9.10 Å². The van der Waals surface area contributed by atoms with E-state index in [1.807, 2.05) is 0 Å². The van der Waals surface area contributed by atoms with Crippen molar-refractivity contribution >= 4 is 21.7 Å². The normalized spacial score (nSPS) is 15.7. The van der Waals surface area contributed by atoms with E-state index >= 15 is 4.39 Å². The smallest absolute Gasteiger partial charge is 0.416 e. The Morgan fingerprint density at radius 1 is 1.00 bits per heavy atom. The number of alkyl halides is 3. The summed E-state index contributed by atoms with van der Waals surface area (Å²) in [5.41, 5.74) is -1.93. The Morgan fingerprint density at radius 2 is 1.65 bits per heavy atom. The molecule has 0 spiro atoms. The standard InChI is InChI=1S/C24H17F6NO5S/c25-16-6-13(7-17(26)11-16)14-8-20(27)23-21(9-14)31(12-18(36-23)4-5-22(32)33)37(34,35)19-3-1-2-15(10-19)24(28,29)30/h1-3,6-11,18H,4-5,12H2,(H,32,33). The molecule has 0 fully saturated rings. The van der Waals surface area contributed by atoms with Gasteiger partial charge >= 0.3 is 12.1 Å². The molecule has 37 heavy (non-hydrogen) atoms. The molecule has 0 aliphatic carbocycles. The first-order valence-electron chi connectivity index (χ1n) is 10.6. The van der Waals surface area contributed by atoms with Crippen LogP contribution < -0.4 is 9.04 Å². The molecule has 196 valence electrons. The molecule has 13 heteroatoms. The first-order valence-corrected chi connectivity index (χ1v) is 12.1. The fourth-order valence-corrected chi connectivity index (χ4v) is 5.42. The Labute approximate surface area is 206 Å². The van der Waals surface area contributed by atoms with E-state index in [9.17, 15) is 35.2 Å². The number of carbonyl (C=O) groups is 1. The minimum absolute atomic E-state index is 0.133. The molecule has 1 aliphatic rings. The number of halogens is 6. The summed E-state index contributed by atoms with van der Waals surface area (Å²) < 4.78 is 116. The molecule has 3 aromatic carbocycles. The predicted molar refractivity (Wildman–Crippen MR) is 119 cm³/mol. The number of aliphatic carboxylic acids is 1. The minimum Gasteiger partial charge on any atom is -0.483 e. The number of carboxylic acid groups (broad SMARTS) is 1. The topological polar surface area (TPSA) is 83.9 Å². The van der Waals surface area contributed by atoms with Gasteiger partial charge in [-0.1, -0.05) is 6.07 Å². The van der Waals surface area contributed by atoms with E-state index in [0.717, 1.165) is 36.4 Å². The van der Waals surface area contributed by atoms with Crippen LogP contribution in [-0.2, 0) is 21.0 Å². The van der Waals surface area contributed by atoms with Gasteiger partial charge < -0.3 is 9.84 Å². The van der Waals surface area contributed by atoms with Crippen molar-refractivity contribution in [3.63, 3.8) is 0 Å². The van der Waals surface area contributed by atoms with Crippen molar-refractivity contribution in [3.05, 3.63) is 77.6 Å². The van der Waals surface area contributed by atoms with Gasteiger partial charge in [-0.2, -0.15) is 13.2 Å². The number of hydrogen-bond donors (Lipinski definition) is 1. The Kier molecular flexibility index (Phi) is 6.84. The van der Waals surface area contributed by atoms with Gasteiger partial charge in [-0.15, -0.1) is 0 Å². The molecule has 1 aliphatic heterocycles. The molecule has 0 radical (unpaired) electrons. The van der Waals surface area contributed by atoms with E-state index in [2.05, 4.69) is 0 Å². The van der Waals surface area contributed by atoms with Gasteiger partial charge in [-0.25, -0.2) is 21.6 Å². The van der Waals surface area contributed by atoms with Crippen molar-refractivity contribution in [2.45, 2.75) is 30.0 Å². The lowest BCUT2D eigenvalue weighted by molar-refractivity contribution is -0.138. The zero-order valence-corrected chi connectivity index (χ0v) is 19.4. The lowest BCUT2D eigenvalue weighted by atomic mass is 10.0. The van der Waals surface area contributed by atoms with Crippen LogP contribution in [0.1, 0.15) is 18.4 Å². The average molecular weight is 545 g/mol. The second-order valence-corrected chi connectivity index (χ2v) is 10.1.